The average molecular weight is 462 g/mol. The molecule has 2 aromatic carbocycles. The number of nitrogens with two attached hydrogens (primary N) is 1. The van der Waals surface area contributed by atoms with Gasteiger partial charge in [0, 0.05) is 29.9 Å². The molecule has 0 aromatic heterocycles. The fraction of sp³-hybridized carbons (Fsp3) is 0.440. The molecule has 0 atom stereocenters. The number of benzene rings is 2. The highest BCUT2D eigenvalue weighted by atomic mass is 35.5. The number of nitrogen functional groups attached to an aromatic ring is 1. The molecule has 0 bridgehead atoms. The van der Waals surface area contributed by atoms with Gasteiger partial charge in [0.05, 0.1) is 18.0 Å². The second-order valence-corrected chi connectivity index (χ2v) is 9.19. The molecule has 2 N–H and O–H groups in total. The van der Waals surface area contributed by atoms with Gasteiger partial charge in [0.15, 0.2) is 11.6 Å². The number of fused-ring (bicyclic) bond motifs is 1. The summed E-state index contributed by atoms with van der Waals surface area (Å²) >= 11 is 6.19. The number of hydrogen-bond donors (Lipinski definition) is 1. The van der Waals surface area contributed by atoms with Crippen LogP contribution in [0.2, 0.25) is 5.02 Å². The first-order valence-electron chi connectivity index (χ1n) is 11.2. The van der Waals surface area contributed by atoms with Crippen LogP contribution in [0.3, 0.4) is 0 Å². The Morgan fingerprint density at radius 3 is 2.66 bits per heavy atom. The maximum atomic E-state index is 13.3. The van der Waals surface area contributed by atoms with Crippen molar-refractivity contribution in [3.63, 3.8) is 0 Å². The van der Waals surface area contributed by atoms with E-state index in [1.165, 1.54) is 11.6 Å². The summed E-state index contributed by atoms with van der Waals surface area (Å²) in [6.07, 6.45) is 5.13. The lowest BCUT2D eigenvalue weighted by Crippen LogP contribution is -2.40. The van der Waals surface area contributed by atoms with Crippen molar-refractivity contribution in [1.29, 1.82) is 0 Å². The van der Waals surface area contributed by atoms with Crippen LogP contribution in [-0.2, 0) is 6.42 Å². The molecule has 2 heterocycles. The summed E-state index contributed by atoms with van der Waals surface area (Å²) in [6.45, 7) is 8.63. The predicted octanol–water partition coefficient (Wildman–Crippen LogP) is 5.65. The number of aryl methyl sites for hydroxylation is 1. The number of ether oxygens (including phenoxy) is 1. The van der Waals surface area contributed by atoms with Gasteiger partial charge in [-0.15, -0.1) is 0 Å². The lowest BCUT2D eigenvalue weighted by atomic mass is 9.93. The van der Waals surface area contributed by atoms with Crippen molar-refractivity contribution in [2.45, 2.75) is 32.1 Å². The molecule has 2 aliphatic heterocycles. The Morgan fingerprint density at radius 1 is 1.12 bits per heavy atom. The summed E-state index contributed by atoms with van der Waals surface area (Å²) in [5.41, 5.74) is 10.3. The van der Waals surface area contributed by atoms with Gasteiger partial charge in [-0.25, -0.2) is 8.78 Å². The third kappa shape index (κ3) is 5.36. The highest BCUT2D eigenvalue weighted by Gasteiger charge is 2.25. The first-order valence-corrected chi connectivity index (χ1v) is 11.6. The fourth-order valence-electron chi connectivity index (χ4n) is 4.74. The highest BCUT2D eigenvalue weighted by molar-refractivity contribution is 6.31. The summed E-state index contributed by atoms with van der Waals surface area (Å²) in [5, 5.41) is 0.685. The second kappa shape index (κ2) is 10.1. The van der Waals surface area contributed by atoms with E-state index in [1.54, 1.807) is 0 Å². The first kappa shape index (κ1) is 22.9. The second-order valence-electron chi connectivity index (χ2n) is 8.76. The van der Waals surface area contributed by atoms with Crippen LogP contribution in [0.5, 0.6) is 5.75 Å². The molecule has 0 saturated carbocycles. The minimum absolute atomic E-state index is 0.375. The number of likely N-dealkylation sites (tertiary alicyclic amines) is 1. The zero-order valence-corrected chi connectivity index (χ0v) is 19.0. The molecule has 0 spiro atoms. The Labute approximate surface area is 193 Å². The molecule has 2 aromatic rings. The van der Waals surface area contributed by atoms with Crippen LogP contribution < -0.4 is 15.4 Å². The molecule has 2 aliphatic rings. The van der Waals surface area contributed by atoms with E-state index in [2.05, 4.69) is 16.4 Å². The van der Waals surface area contributed by atoms with E-state index in [4.69, 9.17) is 22.1 Å². The van der Waals surface area contributed by atoms with Crippen LogP contribution in [0.4, 0.5) is 20.2 Å². The summed E-state index contributed by atoms with van der Waals surface area (Å²) in [6, 6.07) is 7.49. The third-order valence-corrected chi connectivity index (χ3v) is 6.68. The quantitative estimate of drug-likeness (QED) is 0.541. The third-order valence-electron chi connectivity index (χ3n) is 6.46. The Hall–Kier alpha value is -2.31. The minimum atomic E-state index is -0.878. The Kier molecular flexibility index (Phi) is 7.21. The van der Waals surface area contributed by atoms with E-state index >= 15 is 0 Å². The maximum Gasteiger partial charge on any atom is 0.162 e. The molecule has 0 amide bonds. The highest BCUT2D eigenvalue weighted by Crippen LogP contribution is 2.37. The Morgan fingerprint density at radius 2 is 1.91 bits per heavy atom. The summed E-state index contributed by atoms with van der Waals surface area (Å²) in [5.74, 6) is -0.790. The summed E-state index contributed by atoms with van der Waals surface area (Å²) in [7, 11) is 0. The van der Waals surface area contributed by atoms with Crippen molar-refractivity contribution in [3.8, 4) is 5.75 Å². The predicted molar refractivity (Wildman–Crippen MR) is 126 cm³/mol. The van der Waals surface area contributed by atoms with Crippen molar-refractivity contribution in [1.82, 2.24) is 4.90 Å². The average Bonchev–Trinajstić information content (AvgIpc) is 2.76. The number of rotatable bonds is 7. The summed E-state index contributed by atoms with van der Waals surface area (Å²) in [4.78, 5) is 4.70. The molecule has 32 heavy (non-hydrogen) atoms. The van der Waals surface area contributed by atoms with E-state index < -0.39 is 11.6 Å². The van der Waals surface area contributed by atoms with Crippen molar-refractivity contribution >= 4 is 23.0 Å². The number of nitrogens with zero attached hydrogens (tertiary/aromatic N) is 2. The minimum Gasteiger partial charge on any atom is -0.493 e. The van der Waals surface area contributed by atoms with E-state index in [9.17, 15) is 8.78 Å². The van der Waals surface area contributed by atoms with Crippen LogP contribution >= 0.6 is 11.6 Å². The molecule has 7 heteroatoms. The lowest BCUT2D eigenvalue weighted by Gasteiger charge is -2.38. The molecule has 172 valence electrons. The lowest BCUT2D eigenvalue weighted by molar-refractivity contribution is 0.172. The van der Waals surface area contributed by atoms with E-state index in [-0.39, 0.29) is 0 Å². The number of piperidine rings is 1. The maximum absolute atomic E-state index is 13.3. The number of anilines is 2. The van der Waals surface area contributed by atoms with Crippen LogP contribution in [0, 0.1) is 17.6 Å². The molecular formula is C25H30ClF2N3O. The van der Waals surface area contributed by atoms with Crippen molar-refractivity contribution in [2.24, 2.45) is 5.92 Å². The number of halogens is 3. The Bertz CT molecular complexity index is 976. The van der Waals surface area contributed by atoms with Crippen molar-refractivity contribution < 1.29 is 13.5 Å². The van der Waals surface area contributed by atoms with Crippen molar-refractivity contribution in [3.05, 3.63) is 64.8 Å². The van der Waals surface area contributed by atoms with Gasteiger partial charge in [-0.05, 0) is 80.9 Å². The van der Waals surface area contributed by atoms with Gasteiger partial charge in [0.1, 0.15) is 5.75 Å². The van der Waals surface area contributed by atoms with Gasteiger partial charge in [0.2, 0.25) is 0 Å². The van der Waals surface area contributed by atoms with Crippen molar-refractivity contribution in [2.75, 3.05) is 43.4 Å². The van der Waals surface area contributed by atoms with Gasteiger partial charge < -0.3 is 15.4 Å². The van der Waals surface area contributed by atoms with E-state index in [1.807, 2.05) is 12.1 Å². The molecular weight excluding hydrogens is 432 g/mol. The molecule has 0 radical (unpaired) electrons. The standard InChI is InChI=1S/C25H30ClF2N3O/c1-17(31-9-2-3-19-13-20(26)14-24(29)25(19)31)16-30-10-6-18(7-11-30)8-12-32-21-4-5-22(27)23(28)15-21/h4-5,13-15,18H,1-3,6-12,16,29H2. The SMILES string of the molecule is C=C(CN1CCC(CCOc2ccc(F)c(F)c2)CC1)N1CCCc2cc(Cl)cc(N)c21. The van der Waals surface area contributed by atoms with Crippen LogP contribution in [0.1, 0.15) is 31.2 Å². The number of hydrogen-bond acceptors (Lipinski definition) is 4. The smallest absolute Gasteiger partial charge is 0.162 e. The van der Waals surface area contributed by atoms with Gasteiger partial charge >= 0.3 is 0 Å². The summed E-state index contributed by atoms with van der Waals surface area (Å²) < 4.78 is 31.9. The van der Waals surface area contributed by atoms with Gasteiger partial charge in [-0.3, -0.25) is 4.90 Å². The molecule has 4 nitrogen and oxygen atoms in total. The Balaban J connectivity index is 1.24. The van der Waals surface area contributed by atoms with E-state index in [0.717, 1.165) is 81.8 Å². The van der Waals surface area contributed by atoms with Crippen LogP contribution in [0.25, 0.3) is 0 Å². The van der Waals surface area contributed by atoms with Gasteiger partial charge in [-0.2, -0.15) is 0 Å². The van der Waals surface area contributed by atoms with E-state index in [0.29, 0.717) is 29.0 Å². The van der Waals surface area contributed by atoms with Gasteiger partial charge in [-0.1, -0.05) is 18.2 Å². The molecule has 1 saturated heterocycles. The zero-order chi connectivity index (χ0) is 22.7. The zero-order valence-electron chi connectivity index (χ0n) is 18.3. The topological polar surface area (TPSA) is 41.7 Å². The fourth-order valence-corrected chi connectivity index (χ4v) is 4.99. The molecule has 4 rings (SSSR count). The molecule has 0 unspecified atom stereocenters. The normalized spacial score (nSPS) is 17.3. The van der Waals surface area contributed by atoms with Gasteiger partial charge in [0.25, 0.3) is 0 Å². The largest absolute Gasteiger partial charge is 0.493 e. The molecule has 1 fully saturated rings. The first-order chi connectivity index (χ1) is 15.4. The van der Waals surface area contributed by atoms with Crippen LogP contribution in [-0.4, -0.2) is 37.7 Å². The molecule has 0 aliphatic carbocycles. The van der Waals surface area contributed by atoms with Crippen LogP contribution in [0.15, 0.2) is 42.6 Å². The monoisotopic (exact) mass is 461 g/mol.